The van der Waals surface area contributed by atoms with E-state index in [9.17, 15) is 4.39 Å². The van der Waals surface area contributed by atoms with Crippen molar-refractivity contribution in [1.29, 1.82) is 0 Å². The Bertz CT molecular complexity index is 556. The lowest BCUT2D eigenvalue weighted by atomic mass is 10.0. The summed E-state index contributed by atoms with van der Waals surface area (Å²) in [7, 11) is 1.46. The van der Waals surface area contributed by atoms with Gasteiger partial charge in [0.25, 0.3) is 0 Å². The van der Waals surface area contributed by atoms with Crippen molar-refractivity contribution in [2.75, 3.05) is 7.11 Å². The fraction of sp³-hybridized carbons (Fsp3) is 0.357. The highest BCUT2D eigenvalue weighted by Crippen LogP contribution is 2.21. The molecule has 0 saturated heterocycles. The van der Waals surface area contributed by atoms with Crippen molar-refractivity contribution < 1.29 is 9.13 Å². The first kappa shape index (κ1) is 14.0. The van der Waals surface area contributed by atoms with Crippen molar-refractivity contribution in [2.24, 2.45) is 5.73 Å². The van der Waals surface area contributed by atoms with Crippen LogP contribution < -0.4 is 10.5 Å². The number of thiazole rings is 1. The van der Waals surface area contributed by atoms with Gasteiger partial charge in [-0.2, -0.15) is 0 Å². The molecule has 1 aromatic carbocycles. The first-order chi connectivity index (χ1) is 9.10. The van der Waals surface area contributed by atoms with Crippen molar-refractivity contribution in [3.05, 3.63) is 45.7 Å². The van der Waals surface area contributed by atoms with E-state index < -0.39 is 0 Å². The predicted octanol–water partition coefficient (Wildman–Crippen LogP) is 2.71. The molecule has 0 fully saturated rings. The van der Waals surface area contributed by atoms with E-state index in [1.54, 1.807) is 29.5 Å². The Hall–Kier alpha value is -1.46. The van der Waals surface area contributed by atoms with Crippen LogP contribution in [0.25, 0.3) is 0 Å². The summed E-state index contributed by atoms with van der Waals surface area (Å²) in [5, 5.41) is 3.02. The van der Waals surface area contributed by atoms with Crippen LogP contribution in [0.4, 0.5) is 4.39 Å². The molecule has 0 radical (unpaired) electrons. The maximum Gasteiger partial charge on any atom is 0.168 e. The van der Waals surface area contributed by atoms with Crippen LogP contribution in [0.1, 0.15) is 16.3 Å². The van der Waals surface area contributed by atoms with Gasteiger partial charge in [0.15, 0.2) is 11.6 Å². The van der Waals surface area contributed by atoms with Gasteiger partial charge in [-0.15, -0.1) is 11.3 Å². The molecule has 0 spiro atoms. The third kappa shape index (κ3) is 3.52. The van der Waals surface area contributed by atoms with Crippen molar-refractivity contribution in [3.8, 4) is 5.75 Å². The van der Waals surface area contributed by atoms with E-state index in [-0.39, 0.29) is 17.6 Å². The molecule has 1 aromatic heterocycles. The zero-order chi connectivity index (χ0) is 13.8. The van der Waals surface area contributed by atoms with E-state index in [1.165, 1.54) is 7.11 Å². The van der Waals surface area contributed by atoms with Crippen LogP contribution in [0.2, 0.25) is 0 Å². The van der Waals surface area contributed by atoms with E-state index in [0.29, 0.717) is 18.4 Å². The Morgan fingerprint density at radius 3 is 2.84 bits per heavy atom. The van der Waals surface area contributed by atoms with Gasteiger partial charge >= 0.3 is 0 Å². The molecule has 19 heavy (non-hydrogen) atoms. The minimum absolute atomic E-state index is 0.150. The van der Waals surface area contributed by atoms with Crippen LogP contribution in [-0.2, 0) is 12.8 Å². The summed E-state index contributed by atoms with van der Waals surface area (Å²) in [5.74, 6) is -0.0656. The number of ether oxygens (including phenoxy) is 1. The second-order valence-electron chi connectivity index (χ2n) is 4.46. The first-order valence-electron chi connectivity index (χ1n) is 6.08. The lowest BCUT2D eigenvalue weighted by Crippen LogP contribution is -2.26. The second-order valence-corrected chi connectivity index (χ2v) is 5.52. The number of rotatable bonds is 5. The Kier molecular flexibility index (Phi) is 4.50. The Morgan fingerprint density at radius 2 is 2.21 bits per heavy atom. The Labute approximate surface area is 116 Å². The zero-order valence-electron chi connectivity index (χ0n) is 11.0. The fourth-order valence-electron chi connectivity index (χ4n) is 2.00. The summed E-state index contributed by atoms with van der Waals surface area (Å²) >= 11 is 1.60. The van der Waals surface area contributed by atoms with Gasteiger partial charge in [0.05, 0.1) is 17.8 Å². The van der Waals surface area contributed by atoms with Crippen molar-refractivity contribution in [2.45, 2.75) is 25.8 Å². The molecule has 0 aliphatic rings. The molecule has 2 aromatic rings. The molecule has 0 aliphatic carbocycles. The molecule has 0 aliphatic heterocycles. The number of benzene rings is 1. The van der Waals surface area contributed by atoms with Crippen molar-refractivity contribution in [1.82, 2.24) is 4.98 Å². The highest BCUT2D eigenvalue weighted by atomic mass is 32.1. The fourth-order valence-corrected chi connectivity index (χ4v) is 2.62. The molecule has 5 heteroatoms. The molecule has 102 valence electrons. The maximum atomic E-state index is 14.0. The van der Waals surface area contributed by atoms with Crippen LogP contribution in [0.5, 0.6) is 5.75 Å². The highest BCUT2D eigenvalue weighted by molar-refractivity contribution is 7.09. The average molecular weight is 280 g/mol. The SMILES string of the molecule is COc1cccc(CC(N)Cc2csc(C)n2)c1F. The summed E-state index contributed by atoms with van der Waals surface area (Å²) in [6.07, 6.45) is 1.13. The van der Waals surface area contributed by atoms with E-state index in [2.05, 4.69) is 4.98 Å². The smallest absolute Gasteiger partial charge is 0.168 e. The zero-order valence-corrected chi connectivity index (χ0v) is 11.8. The Morgan fingerprint density at radius 1 is 1.42 bits per heavy atom. The molecule has 0 amide bonds. The quantitative estimate of drug-likeness (QED) is 0.916. The lowest BCUT2D eigenvalue weighted by molar-refractivity contribution is 0.383. The van der Waals surface area contributed by atoms with E-state index in [0.717, 1.165) is 10.7 Å². The normalized spacial score (nSPS) is 12.4. The van der Waals surface area contributed by atoms with Crippen molar-refractivity contribution in [3.63, 3.8) is 0 Å². The van der Waals surface area contributed by atoms with E-state index in [4.69, 9.17) is 10.5 Å². The maximum absolute atomic E-state index is 14.0. The number of aryl methyl sites for hydroxylation is 1. The van der Waals surface area contributed by atoms with Crippen LogP contribution in [0.3, 0.4) is 0 Å². The molecule has 1 unspecified atom stereocenters. The van der Waals surface area contributed by atoms with Gasteiger partial charge in [0, 0.05) is 17.8 Å². The first-order valence-corrected chi connectivity index (χ1v) is 6.96. The minimum atomic E-state index is -0.324. The van der Waals surface area contributed by atoms with E-state index >= 15 is 0 Å². The topological polar surface area (TPSA) is 48.1 Å². The summed E-state index contributed by atoms with van der Waals surface area (Å²) < 4.78 is 18.9. The van der Waals surface area contributed by atoms with E-state index in [1.807, 2.05) is 12.3 Å². The van der Waals surface area contributed by atoms with Crippen LogP contribution in [0, 0.1) is 12.7 Å². The van der Waals surface area contributed by atoms with Gasteiger partial charge in [-0.1, -0.05) is 12.1 Å². The molecule has 0 saturated carbocycles. The van der Waals surface area contributed by atoms with Crippen LogP contribution in [0.15, 0.2) is 23.6 Å². The summed E-state index contributed by atoms with van der Waals surface area (Å²) in [4.78, 5) is 4.37. The third-order valence-electron chi connectivity index (χ3n) is 2.88. The molecule has 1 atom stereocenters. The molecule has 2 rings (SSSR count). The molecule has 3 nitrogen and oxygen atoms in total. The second kappa shape index (κ2) is 6.12. The minimum Gasteiger partial charge on any atom is -0.494 e. The molecular formula is C14H17FN2OS. The van der Waals surface area contributed by atoms with Gasteiger partial charge in [0.1, 0.15) is 0 Å². The number of methoxy groups -OCH3 is 1. The number of nitrogens with two attached hydrogens (primary N) is 1. The standard InChI is InChI=1S/C14H17FN2OS/c1-9-17-12(8-19-9)7-11(16)6-10-4-3-5-13(18-2)14(10)15/h3-5,8,11H,6-7,16H2,1-2H3. The average Bonchev–Trinajstić information content (AvgIpc) is 2.77. The number of halogens is 1. The van der Waals surface area contributed by atoms with Gasteiger partial charge in [-0.05, 0) is 25.0 Å². The summed E-state index contributed by atoms with van der Waals surface area (Å²) in [6, 6.07) is 4.97. The van der Waals surface area contributed by atoms with Crippen LogP contribution in [-0.4, -0.2) is 18.1 Å². The number of aromatic nitrogens is 1. The number of hydrogen-bond donors (Lipinski definition) is 1. The molecule has 1 heterocycles. The Balaban J connectivity index is 2.04. The van der Waals surface area contributed by atoms with Gasteiger partial charge < -0.3 is 10.5 Å². The van der Waals surface area contributed by atoms with Gasteiger partial charge in [-0.25, -0.2) is 9.37 Å². The number of nitrogens with zero attached hydrogens (tertiary/aromatic N) is 1. The molecule has 2 N–H and O–H groups in total. The highest BCUT2D eigenvalue weighted by Gasteiger charge is 2.13. The monoisotopic (exact) mass is 280 g/mol. The van der Waals surface area contributed by atoms with Crippen molar-refractivity contribution >= 4 is 11.3 Å². The molecule has 0 bridgehead atoms. The summed E-state index contributed by atoms with van der Waals surface area (Å²) in [5.41, 5.74) is 7.62. The largest absolute Gasteiger partial charge is 0.494 e. The number of hydrogen-bond acceptors (Lipinski definition) is 4. The lowest BCUT2D eigenvalue weighted by Gasteiger charge is -2.12. The van der Waals surface area contributed by atoms with Gasteiger partial charge in [0.2, 0.25) is 0 Å². The predicted molar refractivity (Wildman–Crippen MR) is 75.2 cm³/mol. The van der Waals surface area contributed by atoms with Gasteiger partial charge in [-0.3, -0.25) is 0 Å². The third-order valence-corrected chi connectivity index (χ3v) is 3.71. The summed E-state index contributed by atoms with van der Waals surface area (Å²) in [6.45, 7) is 1.96. The van der Waals surface area contributed by atoms with Crippen LogP contribution >= 0.6 is 11.3 Å². The molecular weight excluding hydrogens is 263 g/mol.